The maximum absolute atomic E-state index is 13.9. The largest absolute Gasteiger partial charge is 0.356 e. The van der Waals surface area contributed by atoms with Crippen LogP contribution in [0.5, 0.6) is 0 Å². The van der Waals surface area contributed by atoms with Gasteiger partial charge in [-0.05, 0) is 50.8 Å². The van der Waals surface area contributed by atoms with Crippen molar-refractivity contribution in [1.29, 1.82) is 0 Å². The third-order valence-corrected chi connectivity index (χ3v) is 10.2. The molecule has 0 bridgehead atoms. The number of piperidine rings is 1. The summed E-state index contributed by atoms with van der Waals surface area (Å²) in [6.07, 6.45) is 1.10. The number of nitro benzene ring substituents is 1. The molecular weight excluding hydrogens is 582 g/mol. The van der Waals surface area contributed by atoms with E-state index in [1.807, 2.05) is 38.7 Å². The molecule has 2 aliphatic heterocycles. The number of piperazine rings is 1. The van der Waals surface area contributed by atoms with Gasteiger partial charge in [0.05, 0.1) is 28.1 Å². The fourth-order valence-electron chi connectivity index (χ4n) is 5.76. The molecule has 0 aliphatic carbocycles. The van der Waals surface area contributed by atoms with Gasteiger partial charge in [-0.2, -0.15) is 4.31 Å². The molecule has 0 unspecified atom stereocenters. The zero-order chi connectivity index (χ0) is 30.8. The Balaban J connectivity index is 1.66. The lowest BCUT2D eigenvalue weighted by Gasteiger charge is -2.52. The Bertz CT molecular complexity index is 1450. The van der Waals surface area contributed by atoms with E-state index in [4.69, 9.17) is 11.6 Å². The van der Waals surface area contributed by atoms with Crippen molar-refractivity contribution in [3.63, 3.8) is 0 Å². The van der Waals surface area contributed by atoms with Crippen LogP contribution < -0.4 is 10.2 Å². The Labute approximate surface area is 252 Å². The molecule has 1 N–H and O–H groups in total. The fourth-order valence-corrected chi connectivity index (χ4v) is 7.68. The van der Waals surface area contributed by atoms with Gasteiger partial charge in [0.25, 0.3) is 5.69 Å². The lowest BCUT2D eigenvalue weighted by atomic mass is 9.88. The highest BCUT2D eigenvalue weighted by Crippen LogP contribution is 2.36. The van der Waals surface area contributed by atoms with Gasteiger partial charge in [-0.25, -0.2) is 8.42 Å². The Kier molecular flexibility index (Phi) is 9.61. The van der Waals surface area contributed by atoms with Crippen LogP contribution in [0.15, 0.2) is 53.4 Å². The van der Waals surface area contributed by atoms with Crippen LogP contribution in [0.2, 0.25) is 5.02 Å². The number of carbonyl (C=O) groups excluding carboxylic acids is 2. The summed E-state index contributed by atoms with van der Waals surface area (Å²) in [5.41, 5.74) is -0.535. The summed E-state index contributed by atoms with van der Waals surface area (Å²) in [6, 6.07) is 11.8. The van der Waals surface area contributed by atoms with E-state index in [-0.39, 0.29) is 31.4 Å². The van der Waals surface area contributed by atoms with E-state index >= 15 is 0 Å². The van der Waals surface area contributed by atoms with Crippen molar-refractivity contribution in [1.82, 2.24) is 14.5 Å². The molecule has 2 aromatic rings. The average molecular weight is 620 g/mol. The number of hydrogen-bond donors (Lipinski definition) is 1. The summed E-state index contributed by atoms with van der Waals surface area (Å²) < 4.78 is 29.0. The highest BCUT2D eigenvalue weighted by Gasteiger charge is 2.47. The van der Waals surface area contributed by atoms with Crippen LogP contribution in [0.4, 0.5) is 11.4 Å². The highest BCUT2D eigenvalue weighted by molar-refractivity contribution is 7.89. The summed E-state index contributed by atoms with van der Waals surface area (Å²) in [4.78, 5) is 41.0. The summed E-state index contributed by atoms with van der Waals surface area (Å²) >= 11 is 6.41. The minimum Gasteiger partial charge on any atom is -0.356 e. The third-order valence-electron chi connectivity index (χ3n) is 7.98. The lowest BCUT2D eigenvalue weighted by Crippen LogP contribution is -2.67. The van der Waals surface area contributed by atoms with Crippen molar-refractivity contribution in [2.45, 2.75) is 57.0 Å². The number of benzene rings is 2. The standard InChI is InChI=1S/C29H38ClN5O6S/c1-20(2)13-14-31-28(37)21-15-22(17-32(16-21)42(40,41)26-12-8-7-11-25(26)35(38)39)34-18-27(36)33(19-29(34,3)4)24-10-6-5-9-23(24)30/h5-12,20-22H,13-19H2,1-4H3,(H,31,37)/t21-,22+/m0/s1. The van der Waals surface area contributed by atoms with Gasteiger partial charge in [-0.15, -0.1) is 0 Å². The molecule has 0 aromatic heterocycles. The monoisotopic (exact) mass is 619 g/mol. The molecule has 13 heteroatoms. The van der Waals surface area contributed by atoms with Gasteiger partial charge < -0.3 is 10.2 Å². The van der Waals surface area contributed by atoms with Crippen molar-refractivity contribution in [3.8, 4) is 0 Å². The van der Waals surface area contributed by atoms with E-state index in [9.17, 15) is 28.1 Å². The van der Waals surface area contributed by atoms with Crippen LogP contribution in [0.25, 0.3) is 0 Å². The lowest BCUT2D eigenvalue weighted by molar-refractivity contribution is -0.387. The van der Waals surface area contributed by atoms with E-state index < -0.39 is 43.0 Å². The third kappa shape index (κ3) is 6.77. The van der Waals surface area contributed by atoms with E-state index in [1.54, 1.807) is 23.1 Å². The number of sulfonamides is 1. The topological polar surface area (TPSA) is 133 Å². The number of carbonyl (C=O) groups is 2. The van der Waals surface area contributed by atoms with E-state index in [1.165, 1.54) is 18.2 Å². The van der Waals surface area contributed by atoms with Crippen molar-refractivity contribution in [3.05, 3.63) is 63.7 Å². The first-order valence-electron chi connectivity index (χ1n) is 14.0. The minimum atomic E-state index is -4.35. The second-order valence-electron chi connectivity index (χ2n) is 12.0. The van der Waals surface area contributed by atoms with Crippen molar-refractivity contribution < 1.29 is 22.9 Å². The SMILES string of the molecule is CC(C)CCNC(=O)[C@H]1C[C@@H](N2CC(=O)N(c3ccccc3Cl)CC2(C)C)CN(S(=O)(=O)c2ccccc2[N+](=O)[O-])C1. The number of para-hydroxylation sites is 2. The number of nitro groups is 1. The number of amides is 2. The summed E-state index contributed by atoms with van der Waals surface area (Å²) in [5.74, 6) is -0.803. The number of anilines is 1. The molecule has 2 aliphatic rings. The quantitative estimate of drug-likeness (QED) is 0.332. The maximum Gasteiger partial charge on any atom is 0.289 e. The number of rotatable bonds is 9. The molecule has 2 fully saturated rings. The predicted octanol–water partition coefficient (Wildman–Crippen LogP) is 3.92. The summed E-state index contributed by atoms with van der Waals surface area (Å²) in [6.45, 7) is 8.63. The molecule has 2 aromatic carbocycles. The minimum absolute atomic E-state index is 0.00997. The second kappa shape index (κ2) is 12.7. The van der Waals surface area contributed by atoms with Crippen LogP contribution in [-0.2, 0) is 19.6 Å². The Hall–Kier alpha value is -3.06. The first-order valence-corrected chi connectivity index (χ1v) is 15.9. The van der Waals surface area contributed by atoms with Crippen molar-refractivity contribution in [2.75, 3.05) is 37.6 Å². The molecule has 0 radical (unpaired) electrons. The molecule has 0 spiro atoms. The first kappa shape index (κ1) is 31.9. The normalized spacial score (nSPS) is 21.9. The van der Waals surface area contributed by atoms with E-state index in [2.05, 4.69) is 5.32 Å². The Morgan fingerprint density at radius 2 is 1.81 bits per heavy atom. The van der Waals surface area contributed by atoms with Crippen molar-refractivity contribution >= 4 is 44.8 Å². The van der Waals surface area contributed by atoms with E-state index in [0.717, 1.165) is 16.8 Å². The number of nitrogens with one attached hydrogen (secondary N) is 1. The predicted molar refractivity (Wildman–Crippen MR) is 161 cm³/mol. The highest BCUT2D eigenvalue weighted by atomic mass is 35.5. The van der Waals surface area contributed by atoms with Gasteiger partial charge in [0.2, 0.25) is 21.8 Å². The molecule has 2 saturated heterocycles. The van der Waals surface area contributed by atoms with Gasteiger partial charge in [0.15, 0.2) is 4.90 Å². The molecule has 228 valence electrons. The van der Waals surface area contributed by atoms with Gasteiger partial charge >= 0.3 is 0 Å². The Morgan fingerprint density at radius 3 is 2.48 bits per heavy atom. The maximum atomic E-state index is 13.9. The zero-order valence-corrected chi connectivity index (χ0v) is 25.9. The van der Waals surface area contributed by atoms with Crippen LogP contribution >= 0.6 is 11.6 Å². The van der Waals surface area contributed by atoms with Gasteiger partial charge in [-0.3, -0.25) is 24.6 Å². The fraction of sp³-hybridized carbons (Fsp3) is 0.517. The van der Waals surface area contributed by atoms with Crippen LogP contribution in [0.3, 0.4) is 0 Å². The molecule has 2 amide bonds. The second-order valence-corrected chi connectivity index (χ2v) is 14.3. The Morgan fingerprint density at radius 1 is 1.14 bits per heavy atom. The van der Waals surface area contributed by atoms with Gasteiger partial charge in [0.1, 0.15) is 0 Å². The number of halogens is 1. The van der Waals surface area contributed by atoms with Crippen LogP contribution in [-0.4, -0.2) is 78.7 Å². The number of nitrogens with zero attached hydrogens (tertiary/aromatic N) is 4. The number of hydrogen-bond acceptors (Lipinski definition) is 7. The average Bonchev–Trinajstić information content (AvgIpc) is 2.93. The van der Waals surface area contributed by atoms with Crippen molar-refractivity contribution in [2.24, 2.45) is 11.8 Å². The molecular formula is C29H38ClN5O6S. The summed E-state index contributed by atoms with van der Waals surface area (Å²) in [5, 5.41) is 15.1. The molecule has 4 rings (SSSR count). The van der Waals surface area contributed by atoms with Gasteiger partial charge in [-0.1, -0.05) is 49.7 Å². The van der Waals surface area contributed by atoms with E-state index in [0.29, 0.717) is 36.1 Å². The molecule has 2 atom stereocenters. The van der Waals surface area contributed by atoms with Gasteiger partial charge in [0, 0.05) is 43.8 Å². The summed E-state index contributed by atoms with van der Waals surface area (Å²) in [7, 11) is -4.35. The molecule has 2 heterocycles. The molecule has 42 heavy (non-hydrogen) atoms. The first-order chi connectivity index (χ1) is 19.7. The van der Waals surface area contributed by atoms with Crippen LogP contribution in [0, 0.1) is 22.0 Å². The molecule has 0 saturated carbocycles. The van der Waals surface area contributed by atoms with Crippen LogP contribution in [0.1, 0.15) is 40.5 Å². The molecule has 11 nitrogen and oxygen atoms in total. The zero-order valence-electron chi connectivity index (χ0n) is 24.3. The smallest absolute Gasteiger partial charge is 0.289 e.